The molecule has 0 unspecified atom stereocenters. The van der Waals surface area contributed by atoms with Crippen LogP contribution < -0.4 is 10.5 Å². The van der Waals surface area contributed by atoms with Gasteiger partial charge in [0.25, 0.3) is 0 Å². The molecule has 96 valence electrons. The number of halogens is 1. The number of nitrogen functional groups attached to an aromatic ring is 1. The first-order valence-corrected chi connectivity index (χ1v) is 6.51. The number of aromatic nitrogens is 2. The van der Waals surface area contributed by atoms with Gasteiger partial charge in [-0.05, 0) is 39.5 Å². The molecule has 1 heterocycles. The number of H-pyrrole nitrogens is 1. The number of hydrogen-bond acceptors (Lipinski definition) is 3. The van der Waals surface area contributed by atoms with Crippen molar-refractivity contribution in [1.82, 2.24) is 9.97 Å². The summed E-state index contributed by atoms with van der Waals surface area (Å²) in [7, 11) is 1.65. The molecule has 1 aromatic carbocycles. The minimum absolute atomic E-state index is 0.383. The van der Waals surface area contributed by atoms with Gasteiger partial charge in [-0.15, -0.1) is 0 Å². The molecular weight excluding hydrogens is 294 g/mol. The second-order valence-electron chi connectivity index (χ2n) is 4.40. The van der Waals surface area contributed by atoms with Crippen molar-refractivity contribution >= 4 is 21.9 Å². The third kappa shape index (κ3) is 2.36. The summed E-state index contributed by atoms with van der Waals surface area (Å²) in [5.41, 5.74) is 8.61. The first kappa shape index (κ1) is 13.0. The quantitative estimate of drug-likeness (QED) is 0.911. The molecule has 2 aromatic rings. The maximum atomic E-state index is 5.67. The van der Waals surface area contributed by atoms with E-state index >= 15 is 0 Å². The van der Waals surface area contributed by atoms with Crippen LogP contribution in [0.2, 0.25) is 0 Å². The Labute approximate surface area is 115 Å². The second kappa shape index (κ2) is 5.02. The van der Waals surface area contributed by atoms with E-state index in [1.807, 2.05) is 6.07 Å². The molecule has 4 nitrogen and oxygen atoms in total. The Kier molecular flexibility index (Phi) is 3.61. The lowest BCUT2D eigenvalue weighted by Gasteiger charge is -2.11. The van der Waals surface area contributed by atoms with Crippen molar-refractivity contribution in [3.8, 4) is 17.0 Å². The standard InChI is InChI=1S/C13H16BrN3O/c1-7(2)8-4-5-10(18-3)9(6-8)11-12(14)17-13(15)16-11/h4-7H,1-3H3,(H3,15,16,17). The van der Waals surface area contributed by atoms with Gasteiger partial charge in [-0.2, -0.15) is 0 Å². The molecule has 1 aromatic heterocycles. The SMILES string of the molecule is COc1ccc(C(C)C)cc1-c1nc(N)[nH]c1Br. The summed E-state index contributed by atoms with van der Waals surface area (Å²) in [6.45, 7) is 4.30. The fourth-order valence-electron chi connectivity index (χ4n) is 1.82. The van der Waals surface area contributed by atoms with Crippen LogP contribution >= 0.6 is 15.9 Å². The van der Waals surface area contributed by atoms with E-state index in [-0.39, 0.29) is 0 Å². The normalized spacial score (nSPS) is 10.9. The van der Waals surface area contributed by atoms with E-state index in [0.29, 0.717) is 11.9 Å². The number of nitrogens with zero attached hydrogens (tertiary/aromatic N) is 1. The van der Waals surface area contributed by atoms with E-state index in [9.17, 15) is 0 Å². The number of imidazole rings is 1. The molecule has 18 heavy (non-hydrogen) atoms. The largest absolute Gasteiger partial charge is 0.496 e. The molecule has 0 aliphatic carbocycles. The summed E-state index contributed by atoms with van der Waals surface area (Å²) in [5, 5.41) is 0. The Morgan fingerprint density at radius 1 is 1.39 bits per heavy atom. The van der Waals surface area contributed by atoms with Gasteiger partial charge < -0.3 is 15.5 Å². The monoisotopic (exact) mass is 309 g/mol. The average Bonchev–Trinajstić information content (AvgIpc) is 2.67. The number of nitrogens with two attached hydrogens (primary N) is 1. The van der Waals surface area contributed by atoms with Gasteiger partial charge >= 0.3 is 0 Å². The highest BCUT2D eigenvalue weighted by atomic mass is 79.9. The Hall–Kier alpha value is -1.49. The molecule has 0 spiro atoms. The predicted molar refractivity (Wildman–Crippen MR) is 76.8 cm³/mol. The molecule has 0 saturated carbocycles. The van der Waals surface area contributed by atoms with E-state index < -0.39 is 0 Å². The molecular formula is C13H16BrN3O. The second-order valence-corrected chi connectivity index (χ2v) is 5.19. The highest BCUT2D eigenvalue weighted by Crippen LogP contribution is 2.35. The van der Waals surface area contributed by atoms with Crippen molar-refractivity contribution < 1.29 is 4.74 Å². The number of benzene rings is 1. The number of anilines is 1. The maximum absolute atomic E-state index is 5.67. The lowest BCUT2D eigenvalue weighted by molar-refractivity contribution is 0.416. The topological polar surface area (TPSA) is 63.9 Å². The van der Waals surface area contributed by atoms with E-state index in [4.69, 9.17) is 10.5 Å². The Morgan fingerprint density at radius 2 is 2.11 bits per heavy atom. The van der Waals surface area contributed by atoms with Crippen LogP contribution in [0.15, 0.2) is 22.8 Å². The van der Waals surface area contributed by atoms with Gasteiger partial charge in [-0.3, -0.25) is 0 Å². The molecule has 0 aliphatic heterocycles. The van der Waals surface area contributed by atoms with Gasteiger partial charge in [0, 0.05) is 5.56 Å². The van der Waals surface area contributed by atoms with Crippen molar-refractivity contribution in [2.75, 3.05) is 12.8 Å². The van der Waals surface area contributed by atoms with Crippen LogP contribution in [0.4, 0.5) is 5.95 Å². The van der Waals surface area contributed by atoms with Crippen molar-refractivity contribution in [2.24, 2.45) is 0 Å². The minimum atomic E-state index is 0.383. The van der Waals surface area contributed by atoms with Crippen molar-refractivity contribution in [3.63, 3.8) is 0 Å². The number of aromatic amines is 1. The summed E-state index contributed by atoms with van der Waals surface area (Å²) in [4.78, 5) is 7.22. The zero-order valence-corrected chi connectivity index (χ0v) is 12.2. The number of methoxy groups -OCH3 is 1. The first-order valence-electron chi connectivity index (χ1n) is 5.72. The van der Waals surface area contributed by atoms with Gasteiger partial charge in [0.1, 0.15) is 16.0 Å². The van der Waals surface area contributed by atoms with Crippen LogP contribution in [0.3, 0.4) is 0 Å². The summed E-state index contributed by atoms with van der Waals surface area (Å²) >= 11 is 3.43. The van der Waals surface area contributed by atoms with Gasteiger partial charge in [0.15, 0.2) is 5.95 Å². The highest BCUT2D eigenvalue weighted by molar-refractivity contribution is 9.10. The summed E-state index contributed by atoms with van der Waals surface area (Å²) < 4.78 is 6.15. The van der Waals surface area contributed by atoms with E-state index in [2.05, 4.69) is 51.9 Å². The maximum Gasteiger partial charge on any atom is 0.198 e. The lowest BCUT2D eigenvalue weighted by Crippen LogP contribution is -1.93. The van der Waals surface area contributed by atoms with E-state index in [1.54, 1.807) is 7.11 Å². The Balaban J connectivity index is 2.60. The summed E-state index contributed by atoms with van der Waals surface area (Å²) in [5.74, 6) is 1.62. The van der Waals surface area contributed by atoms with Gasteiger partial charge in [0.2, 0.25) is 0 Å². The zero-order valence-electron chi connectivity index (χ0n) is 10.6. The Morgan fingerprint density at radius 3 is 2.61 bits per heavy atom. The summed E-state index contributed by atoms with van der Waals surface area (Å²) in [6.07, 6.45) is 0. The number of nitrogens with one attached hydrogen (secondary N) is 1. The molecule has 0 atom stereocenters. The first-order chi connectivity index (χ1) is 8.52. The number of ether oxygens (including phenoxy) is 1. The molecule has 0 amide bonds. The number of rotatable bonds is 3. The number of hydrogen-bond donors (Lipinski definition) is 2. The molecule has 0 radical (unpaired) electrons. The summed E-state index contributed by atoms with van der Waals surface area (Å²) in [6, 6.07) is 6.11. The van der Waals surface area contributed by atoms with E-state index in [0.717, 1.165) is 21.6 Å². The molecule has 0 saturated heterocycles. The van der Waals surface area contributed by atoms with Crippen LogP contribution in [0.25, 0.3) is 11.3 Å². The molecule has 0 aliphatic rings. The van der Waals surface area contributed by atoms with Crippen LogP contribution in [-0.2, 0) is 0 Å². The molecule has 3 N–H and O–H groups in total. The average molecular weight is 310 g/mol. The zero-order chi connectivity index (χ0) is 13.3. The lowest BCUT2D eigenvalue weighted by atomic mass is 9.99. The fraction of sp³-hybridized carbons (Fsp3) is 0.308. The van der Waals surface area contributed by atoms with Crippen molar-refractivity contribution in [2.45, 2.75) is 19.8 Å². The van der Waals surface area contributed by atoms with Crippen LogP contribution in [-0.4, -0.2) is 17.1 Å². The van der Waals surface area contributed by atoms with Crippen molar-refractivity contribution in [3.05, 3.63) is 28.4 Å². The van der Waals surface area contributed by atoms with E-state index in [1.165, 1.54) is 5.56 Å². The van der Waals surface area contributed by atoms with Crippen molar-refractivity contribution in [1.29, 1.82) is 0 Å². The third-order valence-electron chi connectivity index (χ3n) is 2.82. The molecule has 5 heteroatoms. The van der Waals surface area contributed by atoms with Gasteiger partial charge in [-0.1, -0.05) is 19.9 Å². The predicted octanol–water partition coefficient (Wildman–Crippen LogP) is 3.55. The highest BCUT2D eigenvalue weighted by Gasteiger charge is 2.15. The smallest absolute Gasteiger partial charge is 0.198 e. The molecule has 2 rings (SSSR count). The fourth-order valence-corrected chi connectivity index (χ4v) is 2.32. The molecule has 0 bridgehead atoms. The van der Waals surface area contributed by atoms with Gasteiger partial charge in [-0.25, -0.2) is 4.98 Å². The molecule has 0 fully saturated rings. The van der Waals surface area contributed by atoms with Crippen LogP contribution in [0, 0.1) is 0 Å². The Bertz CT molecular complexity index is 563. The third-order valence-corrected chi connectivity index (χ3v) is 3.40. The minimum Gasteiger partial charge on any atom is -0.496 e. The van der Waals surface area contributed by atoms with Crippen LogP contribution in [0.5, 0.6) is 5.75 Å². The van der Waals surface area contributed by atoms with Crippen LogP contribution in [0.1, 0.15) is 25.3 Å². The van der Waals surface area contributed by atoms with Gasteiger partial charge in [0.05, 0.1) is 7.11 Å².